The molecule has 0 aromatic carbocycles. The highest BCUT2D eigenvalue weighted by Gasteiger charge is 2.50. The highest BCUT2D eigenvalue weighted by molar-refractivity contribution is 7.10. The summed E-state index contributed by atoms with van der Waals surface area (Å²) < 4.78 is 0. The highest BCUT2D eigenvalue weighted by Crippen LogP contribution is 2.56. The molecule has 0 saturated heterocycles. The number of carboxylic acid groups (broad SMARTS) is 1. The van der Waals surface area contributed by atoms with Gasteiger partial charge in [-0.15, -0.1) is 11.3 Å². The first-order chi connectivity index (χ1) is 7.21. The van der Waals surface area contributed by atoms with Gasteiger partial charge in [-0.3, -0.25) is 4.79 Å². The van der Waals surface area contributed by atoms with Gasteiger partial charge in [0.1, 0.15) is 0 Å². The molecule has 2 aliphatic rings. The van der Waals surface area contributed by atoms with Crippen molar-refractivity contribution in [3.63, 3.8) is 0 Å². The first-order valence-corrected chi connectivity index (χ1v) is 6.25. The number of rotatable bonds is 4. The summed E-state index contributed by atoms with van der Waals surface area (Å²) in [5, 5.41) is 8.92. The van der Waals surface area contributed by atoms with Crippen molar-refractivity contribution in [1.29, 1.82) is 0 Å². The second-order valence-electron chi connectivity index (χ2n) is 4.69. The number of carbonyl (C=O) groups is 1. The van der Waals surface area contributed by atoms with Crippen LogP contribution in [0, 0.1) is 0 Å². The number of nitrogens with zero attached hydrogens (tertiary/aromatic N) is 1. The summed E-state index contributed by atoms with van der Waals surface area (Å²) in [7, 11) is 0. The first kappa shape index (κ1) is 9.33. The maximum absolute atomic E-state index is 10.8. The van der Waals surface area contributed by atoms with E-state index in [1.54, 1.807) is 11.3 Å². The molecule has 1 aromatic rings. The zero-order valence-electron chi connectivity index (χ0n) is 8.40. The molecule has 0 amide bonds. The van der Waals surface area contributed by atoms with E-state index in [0.29, 0.717) is 5.92 Å². The molecule has 2 saturated carbocycles. The molecule has 0 radical (unpaired) electrons. The first-order valence-electron chi connectivity index (χ1n) is 5.37. The molecule has 80 valence electrons. The Morgan fingerprint density at radius 1 is 1.60 bits per heavy atom. The second kappa shape index (κ2) is 3.04. The van der Waals surface area contributed by atoms with Crippen LogP contribution in [0.1, 0.15) is 48.6 Å². The van der Waals surface area contributed by atoms with Crippen LogP contribution >= 0.6 is 11.3 Å². The van der Waals surface area contributed by atoms with Crippen LogP contribution in [-0.2, 0) is 10.2 Å². The number of hydrogen-bond donors (Lipinski definition) is 1. The lowest BCUT2D eigenvalue weighted by Gasteiger charge is -2.11. The summed E-state index contributed by atoms with van der Waals surface area (Å²) in [6.07, 6.45) is 4.82. The Kier molecular flexibility index (Phi) is 1.89. The summed E-state index contributed by atoms with van der Waals surface area (Å²) >= 11 is 1.65. The fourth-order valence-electron chi connectivity index (χ4n) is 2.22. The van der Waals surface area contributed by atoms with Crippen molar-refractivity contribution in [3.8, 4) is 0 Å². The topological polar surface area (TPSA) is 50.2 Å². The molecule has 3 rings (SSSR count). The quantitative estimate of drug-likeness (QED) is 0.853. The average Bonchev–Trinajstić information content (AvgIpc) is 3.09. The Morgan fingerprint density at radius 3 is 2.87 bits per heavy atom. The lowest BCUT2D eigenvalue weighted by Crippen LogP contribution is -2.13. The van der Waals surface area contributed by atoms with Gasteiger partial charge in [0.05, 0.1) is 17.6 Å². The van der Waals surface area contributed by atoms with Crippen molar-refractivity contribution in [2.75, 3.05) is 0 Å². The van der Waals surface area contributed by atoms with Crippen molar-refractivity contribution in [2.45, 2.75) is 43.4 Å². The second-order valence-corrected chi connectivity index (χ2v) is 5.55. The van der Waals surface area contributed by atoms with Gasteiger partial charge < -0.3 is 5.11 Å². The highest BCUT2D eigenvalue weighted by atomic mass is 32.1. The third kappa shape index (κ3) is 1.57. The van der Waals surface area contributed by atoms with E-state index in [1.165, 1.54) is 23.4 Å². The van der Waals surface area contributed by atoms with E-state index in [1.807, 2.05) is 5.51 Å². The maximum Gasteiger partial charge on any atom is 0.304 e. The smallest absolute Gasteiger partial charge is 0.304 e. The van der Waals surface area contributed by atoms with Gasteiger partial charge in [0, 0.05) is 16.2 Å². The van der Waals surface area contributed by atoms with Crippen molar-refractivity contribution >= 4 is 17.3 Å². The van der Waals surface area contributed by atoms with Crippen molar-refractivity contribution in [2.24, 2.45) is 0 Å². The summed E-state index contributed by atoms with van der Waals surface area (Å²) in [5.74, 6) is -0.0415. The van der Waals surface area contributed by atoms with Crippen molar-refractivity contribution < 1.29 is 9.90 Å². The Morgan fingerprint density at radius 2 is 2.33 bits per heavy atom. The molecule has 0 spiro atoms. The number of thiazole rings is 1. The Bertz CT molecular complexity index is 404. The van der Waals surface area contributed by atoms with E-state index in [9.17, 15) is 4.79 Å². The molecule has 0 atom stereocenters. The molecule has 2 fully saturated rings. The molecule has 0 unspecified atom stereocenters. The lowest BCUT2D eigenvalue weighted by molar-refractivity contribution is -0.137. The minimum Gasteiger partial charge on any atom is -0.481 e. The minimum absolute atomic E-state index is 0.0368. The average molecular weight is 223 g/mol. The molecular weight excluding hydrogens is 210 g/mol. The van der Waals surface area contributed by atoms with Crippen LogP contribution in [0.25, 0.3) is 0 Å². The van der Waals surface area contributed by atoms with Crippen molar-refractivity contribution in [3.05, 3.63) is 16.1 Å². The predicted octanol–water partition coefficient (Wildman–Crippen LogP) is 2.53. The van der Waals surface area contributed by atoms with Crippen LogP contribution < -0.4 is 0 Å². The maximum atomic E-state index is 10.8. The fourth-order valence-corrected chi connectivity index (χ4v) is 3.36. The number of hydrogen-bond acceptors (Lipinski definition) is 3. The Labute approximate surface area is 92.2 Å². The van der Waals surface area contributed by atoms with E-state index in [2.05, 4.69) is 4.98 Å². The van der Waals surface area contributed by atoms with Gasteiger partial charge in [-0.25, -0.2) is 4.98 Å². The molecule has 15 heavy (non-hydrogen) atoms. The predicted molar refractivity (Wildman–Crippen MR) is 57.3 cm³/mol. The third-order valence-corrected chi connectivity index (χ3v) is 4.47. The van der Waals surface area contributed by atoms with Crippen molar-refractivity contribution in [1.82, 2.24) is 4.98 Å². The van der Waals surface area contributed by atoms with Gasteiger partial charge >= 0.3 is 5.97 Å². The van der Waals surface area contributed by atoms with E-state index < -0.39 is 5.97 Å². The number of aliphatic carboxylic acids is 1. The van der Waals surface area contributed by atoms with Gasteiger partial charge in [0.2, 0.25) is 0 Å². The van der Waals surface area contributed by atoms with Gasteiger partial charge in [0.25, 0.3) is 0 Å². The monoisotopic (exact) mass is 223 g/mol. The zero-order chi connectivity index (χ0) is 10.5. The molecule has 2 aliphatic carbocycles. The number of aromatic nitrogens is 1. The lowest BCUT2D eigenvalue weighted by atomic mass is 9.97. The van der Waals surface area contributed by atoms with Crippen LogP contribution in [0.2, 0.25) is 0 Å². The van der Waals surface area contributed by atoms with Crippen LogP contribution in [0.4, 0.5) is 0 Å². The minimum atomic E-state index is -0.678. The normalized spacial score (nSPS) is 22.7. The van der Waals surface area contributed by atoms with E-state index in [0.717, 1.165) is 12.8 Å². The van der Waals surface area contributed by atoms with Gasteiger partial charge in [-0.05, 0) is 25.7 Å². The molecule has 1 heterocycles. The largest absolute Gasteiger partial charge is 0.481 e. The fraction of sp³-hybridized carbons (Fsp3) is 0.636. The third-order valence-electron chi connectivity index (χ3n) is 3.38. The Hall–Kier alpha value is -0.900. The van der Waals surface area contributed by atoms with E-state index in [-0.39, 0.29) is 11.8 Å². The molecule has 0 bridgehead atoms. The Balaban J connectivity index is 1.91. The van der Waals surface area contributed by atoms with Gasteiger partial charge in [-0.2, -0.15) is 0 Å². The van der Waals surface area contributed by atoms with E-state index in [4.69, 9.17) is 5.11 Å². The summed E-state index contributed by atoms with van der Waals surface area (Å²) in [6, 6.07) is 0. The van der Waals surface area contributed by atoms with Gasteiger partial charge in [0.15, 0.2) is 0 Å². The van der Waals surface area contributed by atoms with Crippen LogP contribution in [0.3, 0.4) is 0 Å². The standard InChI is InChI=1S/C11H13NO2S/c13-8(14)5-11(3-4-11)10-9(7-1-2-7)12-6-15-10/h6-7H,1-5H2,(H,13,14). The van der Waals surface area contributed by atoms with Crippen LogP contribution in [0.5, 0.6) is 0 Å². The molecular formula is C11H13NO2S. The molecule has 0 aliphatic heterocycles. The summed E-state index contributed by atoms with van der Waals surface area (Å²) in [6.45, 7) is 0. The summed E-state index contributed by atoms with van der Waals surface area (Å²) in [5.41, 5.74) is 3.05. The molecule has 1 aromatic heterocycles. The SMILES string of the molecule is O=C(O)CC1(c2scnc2C2CC2)CC1. The molecule has 4 heteroatoms. The van der Waals surface area contributed by atoms with E-state index >= 15 is 0 Å². The van der Waals surface area contributed by atoms with Crippen LogP contribution in [0.15, 0.2) is 5.51 Å². The molecule has 1 N–H and O–H groups in total. The number of carboxylic acids is 1. The van der Waals surface area contributed by atoms with Crippen LogP contribution in [-0.4, -0.2) is 16.1 Å². The zero-order valence-corrected chi connectivity index (χ0v) is 9.22. The molecule has 3 nitrogen and oxygen atoms in total. The summed E-state index contributed by atoms with van der Waals surface area (Å²) in [4.78, 5) is 16.5. The van der Waals surface area contributed by atoms with Gasteiger partial charge in [-0.1, -0.05) is 0 Å².